The van der Waals surface area contributed by atoms with Crippen LogP contribution in [-0.2, 0) is 19.1 Å². The lowest BCUT2D eigenvalue weighted by Gasteiger charge is -2.26. The number of amides is 1. The molecule has 1 saturated heterocycles. The zero-order chi connectivity index (χ0) is 16.1. The number of nitrogens with zero attached hydrogens (tertiary/aromatic N) is 1. The maximum absolute atomic E-state index is 12.4. The molecular formula is C16H20N2O4S. The Balaban J connectivity index is 1.57. The molecule has 0 aromatic carbocycles. The molecule has 0 spiro atoms. The fourth-order valence-corrected chi connectivity index (χ4v) is 3.44. The largest absolute Gasteiger partial charge is 0.463 e. The highest BCUT2D eigenvalue weighted by Gasteiger charge is 2.36. The number of rotatable bonds is 5. The minimum Gasteiger partial charge on any atom is -0.463 e. The van der Waals surface area contributed by atoms with Gasteiger partial charge in [-0.25, -0.2) is 4.98 Å². The summed E-state index contributed by atoms with van der Waals surface area (Å²) >= 11 is 1.36. The molecule has 7 heteroatoms. The fourth-order valence-electron chi connectivity index (χ4n) is 2.91. The number of ether oxygens (including phenoxy) is 2. The highest BCUT2D eigenvalue weighted by atomic mass is 32.1. The standard InChI is InChI=1S/C16H20N2O4S/c19-14(18-16-17-7-9-23-16)12-5-1-2-6-13(12)15(20)22-10-11-4-3-8-21-11/h1-2,7,9,11-13H,3-6,8,10H2,(H,17,18,19)/t11-,12-,13-/m0/s1. The molecule has 2 aliphatic rings. The second-order valence-corrected chi connectivity index (χ2v) is 6.64. The van der Waals surface area contributed by atoms with Crippen molar-refractivity contribution in [1.82, 2.24) is 4.98 Å². The minimum atomic E-state index is -0.443. The molecule has 3 rings (SSSR count). The van der Waals surface area contributed by atoms with Crippen molar-refractivity contribution >= 4 is 28.3 Å². The van der Waals surface area contributed by atoms with Crippen molar-refractivity contribution in [3.63, 3.8) is 0 Å². The van der Waals surface area contributed by atoms with Crippen LogP contribution in [0.15, 0.2) is 23.7 Å². The predicted octanol–water partition coefficient (Wildman–Crippen LogP) is 2.39. The molecule has 1 aromatic rings. The topological polar surface area (TPSA) is 77.5 Å². The lowest BCUT2D eigenvalue weighted by Crippen LogP contribution is -2.36. The number of anilines is 1. The number of thiazole rings is 1. The van der Waals surface area contributed by atoms with E-state index >= 15 is 0 Å². The van der Waals surface area contributed by atoms with E-state index in [1.54, 1.807) is 11.6 Å². The molecular weight excluding hydrogens is 316 g/mol. The van der Waals surface area contributed by atoms with E-state index in [2.05, 4.69) is 10.3 Å². The van der Waals surface area contributed by atoms with Crippen LogP contribution in [0.1, 0.15) is 25.7 Å². The lowest BCUT2D eigenvalue weighted by atomic mass is 9.82. The van der Waals surface area contributed by atoms with Crippen molar-refractivity contribution in [1.29, 1.82) is 0 Å². The maximum Gasteiger partial charge on any atom is 0.310 e. The predicted molar refractivity (Wildman–Crippen MR) is 86.0 cm³/mol. The quantitative estimate of drug-likeness (QED) is 0.660. The molecule has 1 N–H and O–H groups in total. The Hall–Kier alpha value is -1.73. The van der Waals surface area contributed by atoms with E-state index < -0.39 is 11.8 Å². The third kappa shape index (κ3) is 4.17. The van der Waals surface area contributed by atoms with E-state index in [1.165, 1.54) is 11.3 Å². The van der Waals surface area contributed by atoms with Crippen molar-refractivity contribution in [3.05, 3.63) is 23.7 Å². The van der Waals surface area contributed by atoms with Gasteiger partial charge in [0.2, 0.25) is 5.91 Å². The number of hydrogen-bond acceptors (Lipinski definition) is 6. The van der Waals surface area contributed by atoms with Crippen molar-refractivity contribution < 1.29 is 19.1 Å². The number of carbonyl (C=O) groups is 2. The smallest absolute Gasteiger partial charge is 0.310 e. The molecule has 0 radical (unpaired) electrons. The molecule has 1 fully saturated rings. The van der Waals surface area contributed by atoms with Crippen LogP contribution in [0.25, 0.3) is 0 Å². The van der Waals surface area contributed by atoms with Gasteiger partial charge in [0.15, 0.2) is 5.13 Å². The van der Waals surface area contributed by atoms with Crippen molar-refractivity contribution in [2.24, 2.45) is 11.8 Å². The van der Waals surface area contributed by atoms with Gasteiger partial charge < -0.3 is 14.8 Å². The van der Waals surface area contributed by atoms with Crippen LogP contribution in [0.2, 0.25) is 0 Å². The Morgan fingerprint density at radius 3 is 2.87 bits per heavy atom. The third-order valence-corrected chi connectivity index (χ3v) is 4.86. The summed E-state index contributed by atoms with van der Waals surface area (Å²) in [7, 11) is 0. The molecule has 124 valence electrons. The van der Waals surface area contributed by atoms with Crippen LogP contribution in [0, 0.1) is 11.8 Å². The van der Waals surface area contributed by atoms with Gasteiger partial charge in [-0.1, -0.05) is 12.2 Å². The van der Waals surface area contributed by atoms with Gasteiger partial charge in [0.25, 0.3) is 0 Å². The third-order valence-electron chi connectivity index (χ3n) is 4.17. The van der Waals surface area contributed by atoms with E-state index in [0.717, 1.165) is 19.4 Å². The second kappa shape index (κ2) is 7.70. The summed E-state index contributed by atoms with van der Waals surface area (Å²) in [5.41, 5.74) is 0. The van der Waals surface area contributed by atoms with Gasteiger partial charge in [-0.15, -0.1) is 11.3 Å². The summed E-state index contributed by atoms with van der Waals surface area (Å²) in [6.07, 6.45) is 8.51. The first kappa shape index (κ1) is 16.1. The SMILES string of the molecule is O=C(Nc1nccs1)[C@H]1CC=CC[C@@H]1C(=O)OC[C@@H]1CCCO1. The lowest BCUT2D eigenvalue weighted by molar-refractivity contribution is -0.155. The van der Waals surface area contributed by atoms with E-state index in [9.17, 15) is 9.59 Å². The summed E-state index contributed by atoms with van der Waals surface area (Å²) in [6, 6.07) is 0. The van der Waals surface area contributed by atoms with E-state index in [1.807, 2.05) is 12.2 Å². The van der Waals surface area contributed by atoms with Crippen LogP contribution in [0.3, 0.4) is 0 Å². The number of aromatic nitrogens is 1. The zero-order valence-corrected chi connectivity index (χ0v) is 13.6. The Morgan fingerprint density at radius 2 is 2.17 bits per heavy atom. The maximum atomic E-state index is 12.4. The number of hydrogen-bond donors (Lipinski definition) is 1. The monoisotopic (exact) mass is 336 g/mol. The van der Waals surface area contributed by atoms with E-state index in [4.69, 9.17) is 9.47 Å². The summed E-state index contributed by atoms with van der Waals surface area (Å²) in [4.78, 5) is 28.8. The molecule has 0 bridgehead atoms. The number of nitrogens with one attached hydrogen (secondary N) is 1. The van der Waals surface area contributed by atoms with Gasteiger partial charge in [-0.3, -0.25) is 9.59 Å². The van der Waals surface area contributed by atoms with E-state index in [-0.39, 0.29) is 24.6 Å². The Kier molecular flexibility index (Phi) is 5.40. The van der Waals surface area contributed by atoms with Crippen LogP contribution in [0.4, 0.5) is 5.13 Å². The summed E-state index contributed by atoms with van der Waals surface area (Å²) in [5, 5.41) is 5.12. The Morgan fingerprint density at radius 1 is 1.35 bits per heavy atom. The van der Waals surface area contributed by atoms with Crippen molar-refractivity contribution in [3.8, 4) is 0 Å². The fraction of sp³-hybridized carbons (Fsp3) is 0.562. The normalized spacial score (nSPS) is 26.9. The number of esters is 1. The average Bonchev–Trinajstić information content (AvgIpc) is 3.26. The van der Waals surface area contributed by atoms with Crippen molar-refractivity contribution in [2.45, 2.75) is 31.8 Å². The van der Waals surface area contributed by atoms with Gasteiger partial charge in [-0.2, -0.15) is 0 Å². The zero-order valence-electron chi connectivity index (χ0n) is 12.8. The molecule has 6 nitrogen and oxygen atoms in total. The van der Waals surface area contributed by atoms with Crippen LogP contribution in [-0.4, -0.2) is 36.2 Å². The van der Waals surface area contributed by atoms with Gasteiger partial charge in [0.05, 0.1) is 17.9 Å². The highest BCUT2D eigenvalue weighted by Crippen LogP contribution is 2.28. The average molecular weight is 336 g/mol. The summed E-state index contributed by atoms with van der Waals surface area (Å²) in [6.45, 7) is 1.01. The number of carbonyl (C=O) groups excluding carboxylic acids is 2. The molecule has 1 aliphatic heterocycles. The molecule has 1 aromatic heterocycles. The van der Waals surface area contributed by atoms with Gasteiger partial charge >= 0.3 is 5.97 Å². The first-order valence-electron chi connectivity index (χ1n) is 7.87. The molecule has 0 saturated carbocycles. The molecule has 0 unspecified atom stereocenters. The highest BCUT2D eigenvalue weighted by molar-refractivity contribution is 7.13. The molecule has 1 amide bonds. The molecule has 2 heterocycles. The Labute approximate surface area is 138 Å². The summed E-state index contributed by atoms with van der Waals surface area (Å²) in [5.74, 6) is -1.35. The summed E-state index contributed by atoms with van der Waals surface area (Å²) < 4.78 is 10.8. The van der Waals surface area contributed by atoms with Crippen molar-refractivity contribution in [2.75, 3.05) is 18.5 Å². The van der Waals surface area contributed by atoms with E-state index in [0.29, 0.717) is 18.0 Å². The van der Waals surface area contributed by atoms with Gasteiger partial charge in [0, 0.05) is 18.2 Å². The first-order valence-corrected chi connectivity index (χ1v) is 8.75. The first-order chi connectivity index (χ1) is 11.2. The van der Waals surface area contributed by atoms with Gasteiger partial charge in [-0.05, 0) is 25.7 Å². The molecule has 1 aliphatic carbocycles. The van der Waals surface area contributed by atoms with Crippen LogP contribution in [0.5, 0.6) is 0 Å². The molecule has 23 heavy (non-hydrogen) atoms. The molecule has 3 atom stereocenters. The minimum absolute atomic E-state index is 0.000628. The van der Waals surface area contributed by atoms with Gasteiger partial charge in [0.1, 0.15) is 6.61 Å². The number of allylic oxidation sites excluding steroid dienone is 2. The van der Waals surface area contributed by atoms with Crippen LogP contribution < -0.4 is 5.32 Å². The Bertz CT molecular complexity index is 567. The van der Waals surface area contributed by atoms with Crippen LogP contribution >= 0.6 is 11.3 Å². The second-order valence-electron chi connectivity index (χ2n) is 5.75.